The molecule has 0 amide bonds. The lowest BCUT2D eigenvalue weighted by Crippen LogP contribution is -2.19. The number of ether oxygens (including phenoxy) is 2. The van der Waals surface area contributed by atoms with Crippen molar-refractivity contribution in [2.45, 2.75) is 6.42 Å². The average Bonchev–Trinajstić information content (AvgIpc) is 2.71. The Morgan fingerprint density at radius 2 is 1.42 bits per heavy atom. The molecule has 0 saturated carbocycles. The van der Waals surface area contributed by atoms with Gasteiger partial charge in [0.15, 0.2) is 34.6 Å². The Kier molecular flexibility index (Phi) is 7.94. The van der Waals surface area contributed by atoms with Crippen LogP contribution in [0.5, 0.6) is 23.0 Å². The Bertz CT molecular complexity index is 1140. The fourth-order valence-electron chi connectivity index (χ4n) is 2.45. The Hall–Kier alpha value is -3.63. The van der Waals surface area contributed by atoms with Gasteiger partial charge in [-0.05, 0) is 47.5 Å². The second kappa shape index (κ2) is 10.4. The van der Waals surface area contributed by atoms with Crippen LogP contribution in [-0.2, 0) is 19.9 Å². The van der Waals surface area contributed by atoms with E-state index in [1.165, 1.54) is 62.8 Å². The molecule has 0 fully saturated rings. The standard InChI is InChI=1S/C21H21NO8S/c1-28-20-11-14(5-9-18(20)25)3-7-16(23)13-17(24)8-4-15-6-10-19(21(12-15)29-2)30-31(22,26)27/h3-12,25H,13H2,1-2H3,(H2,22,26,27). The van der Waals surface area contributed by atoms with Crippen LogP contribution in [0.4, 0.5) is 0 Å². The summed E-state index contributed by atoms with van der Waals surface area (Å²) in [5, 5.41) is 14.4. The Labute approximate surface area is 179 Å². The molecular weight excluding hydrogens is 426 g/mol. The van der Waals surface area contributed by atoms with Gasteiger partial charge >= 0.3 is 10.3 Å². The molecule has 0 spiro atoms. The first kappa shape index (κ1) is 23.6. The molecule has 9 nitrogen and oxygen atoms in total. The van der Waals surface area contributed by atoms with E-state index >= 15 is 0 Å². The number of nitrogens with two attached hydrogens (primary N) is 1. The Morgan fingerprint density at radius 3 is 1.94 bits per heavy atom. The average molecular weight is 447 g/mol. The number of allylic oxidation sites excluding steroid dienone is 2. The molecule has 0 aliphatic carbocycles. The fourth-order valence-corrected chi connectivity index (χ4v) is 2.84. The molecular formula is C21H21NO8S. The summed E-state index contributed by atoms with van der Waals surface area (Å²) >= 11 is 0. The number of phenols is 1. The normalized spacial score (nSPS) is 11.6. The van der Waals surface area contributed by atoms with Crippen LogP contribution in [0.15, 0.2) is 48.6 Å². The Morgan fingerprint density at radius 1 is 0.903 bits per heavy atom. The number of hydrogen-bond donors (Lipinski definition) is 2. The molecule has 0 saturated heterocycles. The van der Waals surface area contributed by atoms with Crippen LogP contribution in [0.2, 0.25) is 0 Å². The summed E-state index contributed by atoms with van der Waals surface area (Å²) in [5.74, 6) is -0.582. The Balaban J connectivity index is 2.01. The molecule has 0 bridgehead atoms. The molecule has 0 aliphatic rings. The maximum Gasteiger partial charge on any atom is 0.380 e. The van der Waals surface area contributed by atoms with Crippen molar-refractivity contribution in [2.24, 2.45) is 5.14 Å². The second-order valence-corrected chi connectivity index (χ2v) is 7.35. The van der Waals surface area contributed by atoms with Crippen molar-refractivity contribution < 1.29 is 36.8 Å². The molecule has 2 aromatic rings. The summed E-state index contributed by atoms with van der Waals surface area (Å²) < 4.78 is 36.7. The van der Waals surface area contributed by atoms with Gasteiger partial charge in [0.2, 0.25) is 0 Å². The third-order valence-corrected chi connectivity index (χ3v) is 4.28. The first-order valence-corrected chi connectivity index (χ1v) is 10.3. The van der Waals surface area contributed by atoms with E-state index in [1.54, 1.807) is 12.1 Å². The quantitative estimate of drug-likeness (QED) is 0.417. The number of benzene rings is 2. The molecule has 0 unspecified atom stereocenters. The lowest BCUT2D eigenvalue weighted by Gasteiger charge is -2.08. The summed E-state index contributed by atoms with van der Waals surface area (Å²) in [7, 11) is -1.48. The van der Waals surface area contributed by atoms with Crippen molar-refractivity contribution in [3.8, 4) is 23.0 Å². The molecule has 31 heavy (non-hydrogen) atoms. The summed E-state index contributed by atoms with van der Waals surface area (Å²) in [6, 6.07) is 8.85. The lowest BCUT2D eigenvalue weighted by molar-refractivity contribution is -0.121. The van der Waals surface area contributed by atoms with E-state index in [1.807, 2.05) is 0 Å². The van der Waals surface area contributed by atoms with Gasteiger partial charge in [-0.15, -0.1) is 0 Å². The number of phenolic OH excluding ortho intramolecular Hbond substituents is 1. The second-order valence-electron chi connectivity index (χ2n) is 6.19. The van der Waals surface area contributed by atoms with E-state index < -0.39 is 21.9 Å². The van der Waals surface area contributed by atoms with Crippen molar-refractivity contribution in [2.75, 3.05) is 14.2 Å². The van der Waals surface area contributed by atoms with Gasteiger partial charge in [-0.25, -0.2) is 0 Å². The van der Waals surface area contributed by atoms with Crippen molar-refractivity contribution in [3.63, 3.8) is 0 Å². The number of carbonyl (C=O) groups is 2. The van der Waals surface area contributed by atoms with Crippen LogP contribution >= 0.6 is 0 Å². The summed E-state index contributed by atoms with van der Waals surface area (Å²) in [6.45, 7) is 0. The van der Waals surface area contributed by atoms with Crippen LogP contribution in [-0.4, -0.2) is 39.3 Å². The predicted molar refractivity (Wildman–Crippen MR) is 114 cm³/mol. The van der Waals surface area contributed by atoms with Crippen LogP contribution in [0.3, 0.4) is 0 Å². The van der Waals surface area contributed by atoms with Gasteiger partial charge in [0.25, 0.3) is 0 Å². The van der Waals surface area contributed by atoms with Crippen molar-refractivity contribution in [1.29, 1.82) is 0 Å². The first-order valence-electron chi connectivity index (χ1n) is 8.80. The van der Waals surface area contributed by atoms with E-state index in [0.29, 0.717) is 11.1 Å². The summed E-state index contributed by atoms with van der Waals surface area (Å²) in [4.78, 5) is 24.1. The molecule has 10 heteroatoms. The minimum Gasteiger partial charge on any atom is -0.504 e. The minimum atomic E-state index is -4.21. The summed E-state index contributed by atoms with van der Waals surface area (Å²) in [6.07, 6.45) is 5.11. The highest BCUT2D eigenvalue weighted by Gasteiger charge is 2.11. The van der Waals surface area contributed by atoms with Gasteiger partial charge in [-0.2, -0.15) is 13.6 Å². The highest BCUT2D eigenvalue weighted by atomic mass is 32.2. The van der Waals surface area contributed by atoms with Crippen LogP contribution in [0, 0.1) is 0 Å². The predicted octanol–water partition coefficient (Wildman–Crippen LogP) is 2.25. The monoisotopic (exact) mass is 447 g/mol. The van der Waals surface area contributed by atoms with Gasteiger partial charge in [0.05, 0.1) is 20.6 Å². The zero-order valence-corrected chi connectivity index (χ0v) is 17.6. The molecule has 0 aromatic heterocycles. The van der Waals surface area contributed by atoms with Gasteiger partial charge in [0, 0.05) is 0 Å². The van der Waals surface area contributed by atoms with Crippen molar-refractivity contribution in [3.05, 3.63) is 59.7 Å². The highest BCUT2D eigenvalue weighted by Crippen LogP contribution is 2.29. The van der Waals surface area contributed by atoms with Crippen molar-refractivity contribution >= 4 is 34.0 Å². The molecule has 0 radical (unpaired) electrons. The SMILES string of the molecule is COc1cc(C=CC(=O)CC(=O)C=Cc2ccc(OS(N)(=O)=O)c(OC)c2)ccc1O. The van der Waals surface area contributed by atoms with E-state index in [9.17, 15) is 23.1 Å². The van der Waals surface area contributed by atoms with E-state index in [-0.39, 0.29) is 29.4 Å². The molecule has 0 heterocycles. The van der Waals surface area contributed by atoms with Gasteiger partial charge in [-0.1, -0.05) is 24.3 Å². The van der Waals surface area contributed by atoms with Crippen LogP contribution < -0.4 is 18.8 Å². The van der Waals surface area contributed by atoms with Crippen LogP contribution in [0.1, 0.15) is 17.5 Å². The number of hydrogen-bond acceptors (Lipinski definition) is 8. The summed E-state index contributed by atoms with van der Waals surface area (Å²) in [5.41, 5.74) is 1.14. The van der Waals surface area contributed by atoms with Gasteiger partial charge in [-0.3, -0.25) is 9.59 Å². The third kappa shape index (κ3) is 7.61. The lowest BCUT2D eigenvalue weighted by atomic mass is 10.1. The number of ketones is 2. The number of aromatic hydroxyl groups is 1. The maximum absolute atomic E-state index is 12.0. The molecule has 2 rings (SSSR count). The van der Waals surface area contributed by atoms with E-state index in [4.69, 9.17) is 14.6 Å². The fraction of sp³-hybridized carbons (Fsp3) is 0.143. The van der Waals surface area contributed by atoms with Gasteiger partial charge in [0.1, 0.15) is 0 Å². The molecule has 0 aliphatic heterocycles. The van der Waals surface area contributed by atoms with Crippen LogP contribution in [0.25, 0.3) is 12.2 Å². The largest absolute Gasteiger partial charge is 0.504 e. The molecule has 3 N–H and O–H groups in total. The van der Waals surface area contributed by atoms with Crippen molar-refractivity contribution in [1.82, 2.24) is 0 Å². The first-order chi connectivity index (χ1) is 14.6. The number of carbonyl (C=O) groups excluding carboxylic acids is 2. The highest BCUT2D eigenvalue weighted by molar-refractivity contribution is 7.84. The molecule has 164 valence electrons. The minimum absolute atomic E-state index is 0.0211. The topological polar surface area (TPSA) is 142 Å². The number of rotatable bonds is 10. The van der Waals surface area contributed by atoms with E-state index in [0.717, 1.165) is 0 Å². The molecule has 0 atom stereocenters. The van der Waals surface area contributed by atoms with Gasteiger partial charge < -0.3 is 18.8 Å². The third-order valence-electron chi connectivity index (χ3n) is 3.87. The number of methoxy groups -OCH3 is 2. The maximum atomic E-state index is 12.0. The van der Waals surface area contributed by atoms with E-state index in [2.05, 4.69) is 4.18 Å². The zero-order valence-electron chi connectivity index (χ0n) is 16.8. The zero-order chi connectivity index (χ0) is 23.0. The molecule has 2 aromatic carbocycles. The smallest absolute Gasteiger partial charge is 0.380 e.